The van der Waals surface area contributed by atoms with E-state index in [1.54, 1.807) is 24.3 Å². The van der Waals surface area contributed by atoms with Gasteiger partial charge in [-0.2, -0.15) is 0 Å². The molecule has 0 spiro atoms. The number of nitrogens with two attached hydrogens (primary N) is 2. The SMILES string of the molecule is CC[C@H](C(N)=O)c1ccccc1C(N)=O. The molecule has 1 aromatic carbocycles. The van der Waals surface area contributed by atoms with Gasteiger partial charge in [-0.1, -0.05) is 25.1 Å². The van der Waals surface area contributed by atoms with Gasteiger partial charge in [-0.15, -0.1) is 0 Å². The van der Waals surface area contributed by atoms with Crippen LogP contribution in [0.15, 0.2) is 24.3 Å². The maximum absolute atomic E-state index is 11.2. The standard InChI is InChI=1S/C11H14N2O2/c1-2-7(10(12)14)8-5-3-4-6-9(8)11(13)15/h3-7H,2H2,1H3,(H2,12,14)(H2,13,15)/t7-/m0/s1. The van der Waals surface area contributed by atoms with E-state index < -0.39 is 17.7 Å². The largest absolute Gasteiger partial charge is 0.369 e. The first-order chi connectivity index (χ1) is 7.07. The zero-order valence-electron chi connectivity index (χ0n) is 8.57. The van der Waals surface area contributed by atoms with Crippen molar-refractivity contribution in [3.63, 3.8) is 0 Å². The highest BCUT2D eigenvalue weighted by Gasteiger charge is 2.20. The van der Waals surface area contributed by atoms with Gasteiger partial charge in [-0.25, -0.2) is 0 Å². The summed E-state index contributed by atoms with van der Waals surface area (Å²) in [6.07, 6.45) is 0.555. The van der Waals surface area contributed by atoms with Crippen LogP contribution in [-0.2, 0) is 4.79 Å². The number of carbonyl (C=O) groups excluding carboxylic acids is 2. The Labute approximate surface area is 88.3 Å². The maximum Gasteiger partial charge on any atom is 0.249 e. The fourth-order valence-electron chi connectivity index (χ4n) is 1.60. The zero-order valence-corrected chi connectivity index (χ0v) is 8.57. The van der Waals surface area contributed by atoms with E-state index in [2.05, 4.69) is 0 Å². The van der Waals surface area contributed by atoms with E-state index in [1.165, 1.54) is 0 Å². The molecule has 4 heteroatoms. The fraction of sp³-hybridized carbons (Fsp3) is 0.273. The molecule has 0 radical (unpaired) electrons. The van der Waals surface area contributed by atoms with E-state index in [1.807, 2.05) is 6.92 Å². The molecule has 0 fully saturated rings. The monoisotopic (exact) mass is 206 g/mol. The Kier molecular flexibility index (Phi) is 3.44. The molecule has 1 rings (SSSR count). The average Bonchev–Trinajstić information content (AvgIpc) is 2.18. The minimum atomic E-state index is -0.537. The number of amides is 2. The summed E-state index contributed by atoms with van der Waals surface area (Å²) in [4.78, 5) is 22.3. The molecule has 0 aromatic heterocycles. The van der Waals surface area contributed by atoms with E-state index in [0.717, 1.165) is 0 Å². The van der Waals surface area contributed by atoms with Gasteiger partial charge in [-0.05, 0) is 18.1 Å². The first-order valence-corrected chi connectivity index (χ1v) is 4.76. The van der Waals surface area contributed by atoms with Crippen LogP contribution in [0.5, 0.6) is 0 Å². The first-order valence-electron chi connectivity index (χ1n) is 4.76. The van der Waals surface area contributed by atoms with Crippen molar-refractivity contribution in [2.75, 3.05) is 0 Å². The Balaban J connectivity index is 3.22. The Morgan fingerprint density at radius 1 is 1.27 bits per heavy atom. The second-order valence-electron chi connectivity index (χ2n) is 3.31. The number of hydrogen-bond acceptors (Lipinski definition) is 2. The van der Waals surface area contributed by atoms with Crippen LogP contribution >= 0.6 is 0 Å². The van der Waals surface area contributed by atoms with Crippen LogP contribution in [0.4, 0.5) is 0 Å². The lowest BCUT2D eigenvalue weighted by atomic mass is 9.91. The molecule has 1 aromatic rings. The van der Waals surface area contributed by atoms with Gasteiger partial charge in [-0.3, -0.25) is 9.59 Å². The Morgan fingerprint density at radius 3 is 2.33 bits per heavy atom. The number of hydrogen-bond donors (Lipinski definition) is 2. The summed E-state index contributed by atoms with van der Waals surface area (Å²) in [5, 5.41) is 0. The second kappa shape index (κ2) is 4.59. The molecule has 0 aliphatic rings. The van der Waals surface area contributed by atoms with Crippen molar-refractivity contribution in [1.82, 2.24) is 0 Å². The minimum absolute atomic E-state index is 0.364. The van der Waals surface area contributed by atoms with Crippen molar-refractivity contribution in [2.24, 2.45) is 11.5 Å². The third-order valence-corrected chi connectivity index (χ3v) is 2.35. The van der Waals surface area contributed by atoms with E-state index in [4.69, 9.17) is 11.5 Å². The molecule has 0 aliphatic carbocycles. The summed E-state index contributed by atoms with van der Waals surface area (Å²) in [6.45, 7) is 1.84. The predicted octanol–water partition coefficient (Wildman–Crippen LogP) is 0.764. The highest BCUT2D eigenvalue weighted by molar-refractivity contribution is 5.96. The smallest absolute Gasteiger partial charge is 0.249 e. The molecule has 0 unspecified atom stereocenters. The molecule has 0 heterocycles. The lowest BCUT2D eigenvalue weighted by molar-refractivity contribution is -0.119. The van der Waals surface area contributed by atoms with Gasteiger partial charge in [0.2, 0.25) is 11.8 Å². The van der Waals surface area contributed by atoms with Crippen LogP contribution in [0, 0.1) is 0 Å². The summed E-state index contributed by atoms with van der Waals surface area (Å²) >= 11 is 0. The van der Waals surface area contributed by atoms with Crippen LogP contribution in [0.1, 0.15) is 35.2 Å². The summed E-state index contributed by atoms with van der Waals surface area (Å²) in [7, 11) is 0. The molecule has 15 heavy (non-hydrogen) atoms. The lowest BCUT2D eigenvalue weighted by Gasteiger charge is -2.13. The van der Waals surface area contributed by atoms with E-state index in [-0.39, 0.29) is 0 Å². The number of rotatable bonds is 4. The van der Waals surface area contributed by atoms with Gasteiger partial charge < -0.3 is 11.5 Å². The Morgan fingerprint density at radius 2 is 1.87 bits per heavy atom. The third kappa shape index (κ3) is 2.34. The minimum Gasteiger partial charge on any atom is -0.369 e. The normalized spacial score (nSPS) is 12.1. The first kappa shape index (κ1) is 11.2. The Bertz CT molecular complexity index is 388. The molecule has 0 aliphatic heterocycles. The van der Waals surface area contributed by atoms with E-state index in [0.29, 0.717) is 17.5 Å². The van der Waals surface area contributed by atoms with Gasteiger partial charge in [0.15, 0.2) is 0 Å². The maximum atomic E-state index is 11.2. The highest BCUT2D eigenvalue weighted by atomic mass is 16.1. The molecule has 4 N–H and O–H groups in total. The Hall–Kier alpha value is -1.84. The molecule has 0 saturated carbocycles. The molecule has 0 bridgehead atoms. The van der Waals surface area contributed by atoms with Gasteiger partial charge in [0, 0.05) is 5.56 Å². The number of benzene rings is 1. The van der Waals surface area contributed by atoms with E-state index in [9.17, 15) is 9.59 Å². The van der Waals surface area contributed by atoms with Crippen molar-refractivity contribution in [2.45, 2.75) is 19.3 Å². The molecule has 0 saturated heterocycles. The predicted molar refractivity (Wildman–Crippen MR) is 57.2 cm³/mol. The third-order valence-electron chi connectivity index (χ3n) is 2.35. The average molecular weight is 206 g/mol. The molecular formula is C11H14N2O2. The van der Waals surface area contributed by atoms with Crippen molar-refractivity contribution in [3.8, 4) is 0 Å². The van der Waals surface area contributed by atoms with Gasteiger partial charge >= 0.3 is 0 Å². The van der Waals surface area contributed by atoms with Crippen LogP contribution in [0.25, 0.3) is 0 Å². The van der Waals surface area contributed by atoms with Crippen molar-refractivity contribution in [1.29, 1.82) is 0 Å². The van der Waals surface area contributed by atoms with Crippen LogP contribution in [0.2, 0.25) is 0 Å². The summed E-state index contributed by atoms with van der Waals surface area (Å²) < 4.78 is 0. The lowest BCUT2D eigenvalue weighted by Crippen LogP contribution is -2.24. The second-order valence-corrected chi connectivity index (χ2v) is 3.31. The highest BCUT2D eigenvalue weighted by Crippen LogP contribution is 2.22. The van der Waals surface area contributed by atoms with Crippen molar-refractivity contribution in [3.05, 3.63) is 35.4 Å². The summed E-state index contributed by atoms with van der Waals surface area (Å²) in [5.74, 6) is -1.43. The van der Waals surface area contributed by atoms with Gasteiger partial charge in [0.05, 0.1) is 5.92 Å². The molecule has 80 valence electrons. The van der Waals surface area contributed by atoms with Crippen molar-refractivity contribution >= 4 is 11.8 Å². The topological polar surface area (TPSA) is 86.2 Å². The molecule has 2 amide bonds. The van der Waals surface area contributed by atoms with Crippen LogP contribution in [0.3, 0.4) is 0 Å². The van der Waals surface area contributed by atoms with E-state index >= 15 is 0 Å². The fourth-order valence-corrected chi connectivity index (χ4v) is 1.60. The zero-order chi connectivity index (χ0) is 11.4. The summed E-state index contributed by atoms with van der Waals surface area (Å²) in [6, 6.07) is 6.77. The number of primary amides is 2. The van der Waals surface area contributed by atoms with Crippen LogP contribution in [-0.4, -0.2) is 11.8 Å². The van der Waals surface area contributed by atoms with Crippen molar-refractivity contribution < 1.29 is 9.59 Å². The molecule has 4 nitrogen and oxygen atoms in total. The van der Waals surface area contributed by atoms with Gasteiger partial charge in [0.1, 0.15) is 0 Å². The number of carbonyl (C=O) groups is 2. The summed E-state index contributed by atoms with van der Waals surface area (Å²) in [5.41, 5.74) is 11.4. The van der Waals surface area contributed by atoms with Crippen LogP contribution < -0.4 is 11.5 Å². The molecular weight excluding hydrogens is 192 g/mol. The quantitative estimate of drug-likeness (QED) is 0.762. The molecule has 1 atom stereocenters. The van der Waals surface area contributed by atoms with Gasteiger partial charge in [0.25, 0.3) is 0 Å².